The predicted molar refractivity (Wildman–Crippen MR) is 90.5 cm³/mol. The van der Waals surface area contributed by atoms with Gasteiger partial charge in [-0.15, -0.1) is 0 Å². The van der Waals surface area contributed by atoms with E-state index < -0.39 is 5.82 Å². The number of hydrogen-bond acceptors (Lipinski definition) is 3. The van der Waals surface area contributed by atoms with Crippen molar-refractivity contribution in [2.45, 2.75) is 6.92 Å². The van der Waals surface area contributed by atoms with Gasteiger partial charge < -0.3 is 14.1 Å². The Kier molecular flexibility index (Phi) is 3.34. The van der Waals surface area contributed by atoms with Crippen LogP contribution in [0.5, 0.6) is 5.75 Å². The summed E-state index contributed by atoms with van der Waals surface area (Å²) < 4.78 is 24.9. The zero-order chi connectivity index (χ0) is 16.7. The molecule has 3 aromatic heterocycles. The van der Waals surface area contributed by atoms with Crippen LogP contribution in [0.3, 0.4) is 0 Å². The Morgan fingerprint density at radius 2 is 2.04 bits per heavy atom. The lowest BCUT2D eigenvalue weighted by Gasteiger charge is -2.08. The Labute approximate surface area is 137 Å². The van der Waals surface area contributed by atoms with Crippen LogP contribution in [-0.4, -0.2) is 17.1 Å². The van der Waals surface area contributed by atoms with E-state index >= 15 is 0 Å². The molecule has 120 valence electrons. The molecule has 24 heavy (non-hydrogen) atoms. The lowest BCUT2D eigenvalue weighted by molar-refractivity contribution is 0.388. The minimum atomic E-state index is -0.393. The number of benzene rings is 1. The lowest BCUT2D eigenvalue weighted by atomic mass is 10.0. The highest BCUT2D eigenvalue weighted by molar-refractivity contribution is 5.97. The van der Waals surface area contributed by atoms with E-state index in [0.29, 0.717) is 5.56 Å². The van der Waals surface area contributed by atoms with Crippen LogP contribution < -0.4 is 4.74 Å². The van der Waals surface area contributed by atoms with Crippen LogP contribution in [0.4, 0.5) is 4.39 Å². The summed E-state index contributed by atoms with van der Waals surface area (Å²) in [6, 6.07) is 10.7. The molecule has 0 spiro atoms. The van der Waals surface area contributed by atoms with Crippen LogP contribution in [-0.2, 0) is 0 Å². The van der Waals surface area contributed by atoms with Gasteiger partial charge in [-0.1, -0.05) is 12.1 Å². The van der Waals surface area contributed by atoms with Gasteiger partial charge in [-0.25, -0.2) is 9.37 Å². The van der Waals surface area contributed by atoms with E-state index in [1.165, 1.54) is 13.2 Å². The molecule has 0 saturated carbocycles. The molecule has 3 heterocycles. The molecule has 0 atom stereocenters. The molecule has 0 saturated heterocycles. The number of H-pyrrole nitrogens is 1. The number of furan rings is 1. The van der Waals surface area contributed by atoms with Crippen LogP contribution >= 0.6 is 0 Å². The third kappa shape index (κ3) is 2.25. The van der Waals surface area contributed by atoms with Crippen molar-refractivity contribution in [3.63, 3.8) is 0 Å². The second-order valence-electron chi connectivity index (χ2n) is 5.55. The first-order chi connectivity index (χ1) is 11.7. The summed E-state index contributed by atoms with van der Waals surface area (Å²) in [7, 11) is 1.46. The van der Waals surface area contributed by atoms with E-state index in [1.807, 2.05) is 37.4 Å². The Bertz CT molecular complexity index is 1030. The molecule has 0 aliphatic heterocycles. The number of hydrogen-bond donors (Lipinski definition) is 1. The van der Waals surface area contributed by atoms with E-state index in [4.69, 9.17) is 9.15 Å². The van der Waals surface area contributed by atoms with Crippen molar-refractivity contribution in [3.8, 4) is 28.2 Å². The molecule has 0 amide bonds. The Morgan fingerprint density at radius 3 is 2.79 bits per heavy atom. The minimum absolute atomic E-state index is 0.220. The summed E-state index contributed by atoms with van der Waals surface area (Å²) in [5.41, 5.74) is 3.10. The standard InChI is InChI=1S/C19H15FN2O2/c1-11-6-7-17(24-11)12-8-14-15(10-22-19(14)21-9-12)13-4-3-5-16(20)18(13)23-2/h3-10H,1-2H3,(H,21,22). The molecule has 1 aromatic carbocycles. The third-order valence-electron chi connectivity index (χ3n) is 4.02. The molecule has 0 bridgehead atoms. The summed E-state index contributed by atoms with van der Waals surface area (Å²) >= 11 is 0. The summed E-state index contributed by atoms with van der Waals surface area (Å²) in [6.07, 6.45) is 3.57. The maximum atomic E-state index is 14.0. The van der Waals surface area contributed by atoms with Crippen molar-refractivity contribution in [2.75, 3.05) is 7.11 Å². The van der Waals surface area contributed by atoms with E-state index in [1.54, 1.807) is 12.3 Å². The van der Waals surface area contributed by atoms with Crippen molar-refractivity contribution in [2.24, 2.45) is 0 Å². The van der Waals surface area contributed by atoms with Crippen molar-refractivity contribution in [1.29, 1.82) is 0 Å². The quantitative estimate of drug-likeness (QED) is 0.581. The maximum Gasteiger partial charge on any atom is 0.165 e. The SMILES string of the molecule is COc1c(F)cccc1-c1c[nH]c2ncc(-c3ccc(C)o3)cc12. The van der Waals surface area contributed by atoms with Gasteiger partial charge in [0.15, 0.2) is 11.6 Å². The van der Waals surface area contributed by atoms with Crippen LogP contribution in [0.1, 0.15) is 5.76 Å². The second-order valence-corrected chi connectivity index (χ2v) is 5.55. The van der Waals surface area contributed by atoms with E-state index in [-0.39, 0.29) is 5.75 Å². The fourth-order valence-electron chi connectivity index (χ4n) is 2.88. The van der Waals surface area contributed by atoms with Crippen molar-refractivity contribution in [1.82, 2.24) is 9.97 Å². The number of para-hydroxylation sites is 1. The molecule has 4 rings (SSSR count). The normalized spacial score (nSPS) is 11.1. The first kappa shape index (κ1) is 14.5. The fraction of sp³-hybridized carbons (Fsp3) is 0.105. The molecule has 4 aromatic rings. The number of nitrogens with zero attached hydrogens (tertiary/aromatic N) is 1. The van der Waals surface area contributed by atoms with Crippen LogP contribution in [0, 0.1) is 12.7 Å². The van der Waals surface area contributed by atoms with Crippen molar-refractivity contribution in [3.05, 3.63) is 60.4 Å². The highest BCUT2D eigenvalue weighted by Gasteiger charge is 2.16. The first-order valence-electron chi connectivity index (χ1n) is 7.54. The van der Waals surface area contributed by atoms with E-state index in [0.717, 1.165) is 33.7 Å². The number of rotatable bonds is 3. The van der Waals surface area contributed by atoms with Crippen LogP contribution in [0.2, 0.25) is 0 Å². The minimum Gasteiger partial charge on any atom is -0.493 e. The third-order valence-corrected chi connectivity index (χ3v) is 4.02. The molecule has 1 N–H and O–H groups in total. The molecule has 0 aliphatic carbocycles. The fourth-order valence-corrected chi connectivity index (χ4v) is 2.88. The summed E-state index contributed by atoms with van der Waals surface area (Å²) in [5, 5.41) is 0.880. The summed E-state index contributed by atoms with van der Waals surface area (Å²) in [6.45, 7) is 1.90. The lowest BCUT2D eigenvalue weighted by Crippen LogP contribution is -1.91. The predicted octanol–water partition coefficient (Wildman–Crippen LogP) is 4.95. The molecule has 0 aliphatic rings. The summed E-state index contributed by atoms with van der Waals surface area (Å²) in [4.78, 5) is 7.56. The van der Waals surface area contributed by atoms with Gasteiger partial charge in [0.2, 0.25) is 0 Å². The van der Waals surface area contributed by atoms with Gasteiger partial charge in [0, 0.05) is 34.5 Å². The number of pyridine rings is 1. The van der Waals surface area contributed by atoms with Gasteiger partial charge >= 0.3 is 0 Å². The Balaban J connectivity index is 1.93. The molecule has 0 fully saturated rings. The molecule has 4 nitrogen and oxygen atoms in total. The summed E-state index contributed by atoms with van der Waals surface area (Å²) in [5.74, 6) is 1.42. The highest BCUT2D eigenvalue weighted by atomic mass is 19.1. The average molecular weight is 322 g/mol. The number of methoxy groups -OCH3 is 1. The van der Waals surface area contributed by atoms with Crippen LogP contribution in [0.25, 0.3) is 33.5 Å². The highest BCUT2D eigenvalue weighted by Crippen LogP contribution is 2.37. The average Bonchev–Trinajstić information content (AvgIpc) is 3.20. The second kappa shape index (κ2) is 5.53. The van der Waals surface area contributed by atoms with Gasteiger partial charge in [0.05, 0.1) is 7.11 Å². The van der Waals surface area contributed by atoms with Gasteiger partial charge in [0.25, 0.3) is 0 Å². The number of ether oxygens (including phenoxy) is 1. The van der Waals surface area contributed by atoms with Gasteiger partial charge in [0.1, 0.15) is 17.2 Å². The molecule has 0 radical (unpaired) electrons. The van der Waals surface area contributed by atoms with Crippen LogP contribution in [0.15, 0.2) is 53.2 Å². The molecular weight excluding hydrogens is 307 g/mol. The molecular formula is C19H15FN2O2. The van der Waals surface area contributed by atoms with E-state index in [2.05, 4.69) is 9.97 Å². The largest absolute Gasteiger partial charge is 0.493 e. The topological polar surface area (TPSA) is 51.0 Å². The number of fused-ring (bicyclic) bond motifs is 1. The number of aromatic amines is 1. The number of aryl methyl sites for hydroxylation is 1. The smallest absolute Gasteiger partial charge is 0.165 e. The first-order valence-corrected chi connectivity index (χ1v) is 7.54. The van der Waals surface area contributed by atoms with Gasteiger partial charge in [-0.05, 0) is 31.2 Å². The van der Waals surface area contributed by atoms with Gasteiger partial charge in [-0.3, -0.25) is 0 Å². The molecule has 0 unspecified atom stereocenters. The molecule has 5 heteroatoms. The Morgan fingerprint density at radius 1 is 1.17 bits per heavy atom. The van der Waals surface area contributed by atoms with Gasteiger partial charge in [-0.2, -0.15) is 0 Å². The Hall–Kier alpha value is -3.08. The van der Waals surface area contributed by atoms with E-state index in [9.17, 15) is 4.39 Å². The maximum absolute atomic E-state index is 14.0. The van der Waals surface area contributed by atoms with Crippen molar-refractivity contribution >= 4 is 11.0 Å². The zero-order valence-electron chi connectivity index (χ0n) is 13.3. The monoisotopic (exact) mass is 322 g/mol. The number of aromatic nitrogens is 2. The van der Waals surface area contributed by atoms with Crippen molar-refractivity contribution < 1.29 is 13.5 Å². The number of halogens is 1. The number of nitrogens with one attached hydrogen (secondary N) is 1. The zero-order valence-corrected chi connectivity index (χ0v) is 13.3.